The van der Waals surface area contributed by atoms with Gasteiger partial charge in [-0.1, -0.05) is 68.2 Å². The minimum absolute atomic E-state index is 0.343. The maximum atomic E-state index is 10.9. The van der Waals surface area contributed by atoms with Crippen molar-refractivity contribution in [1.29, 1.82) is 0 Å². The number of ketones is 1. The molecule has 0 aliphatic heterocycles. The molecule has 0 aromatic heterocycles. The smallest absolute Gasteiger partial charge is 0.132 e. The largest absolute Gasteiger partial charge is 0.301 e. The van der Waals surface area contributed by atoms with Gasteiger partial charge >= 0.3 is 0 Å². The van der Waals surface area contributed by atoms with Crippen molar-refractivity contribution in [2.24, 2.45) is 5.92 Å². The van der Waals surface area contributed by atoms with Gasteiger partial charge in [0.2, 0.25) is 0 Å². The summed E-state index contributed by atoms with van der Waals surface area (Å²) in [6.07, 6.45) is 6.96. The molecule has 0 aromatic rings. The normalized spacial score (nSPS) is 9.58. The summed E-state index contributed by atoms with van der Waals surface area (Å²) in [7, 11) is 0. The highest BCUT2D eigenvalue weighted by molar-refractivity contribution is 5.78. The number of hydrogen-bond donors (Lipinski definition) is 0. The van der Waals surface area contributed by atoms with E-state index >= 15 is 0 Å². The van der Waals surface area contributed by atoms with E-state index in [1.807, 2.05) is 27.7 Å². The predicted molar refractivity (Wildman–Crippen MR) is 114 cm³/mol. The van der Waals surface area contributed by atoms with Gasteiger partial charge in [-0.3, -0.25) is 4.79 Å². The molecule has 0 amide bonds. The molecule has 0 rings (SSSR count). The number of rotatable bonds is 10. The minimum atomic E-state index is 0.343. The van der Waals surface area contributed by atoms with Crippen LogP contribution in [-0.4, -0.2) is 29.8 Å². The van der Waals surface area contributed by atoms with E-state index < -0.39 is 0 Å². The predicted octanol–water partition coefficient (Wildman–Crippen LogP) is 7.36. The molecule has 0 N–H and O–H groups in total. The van der Waals surface area contributed by atoms with Gasteiger partial charge in [0.15, 0.2) is 0 Å². The average molecular weight is 346 g/mol. The Morgan fingerprint density at radius 2 is 1.08 bits per heavy atom. The first-order valence-electron chi connectivity index (χ1n) is 10.7. The third-order valence-electron chi connectivity index (χ3n) is 3.60. The van der Waals surface area contributed by atoms with E-state index in [1.54, 1.807) is 6.92 Å². The van der Waals surface area contributed by atoms with E-state index in [1.165, 1.54) is 25.9 Å². The Bertz CT molecular complexity index is 202. The molecule has 0 aliphatic carbocycles. The first-order chi connectivity index (χ1) is 11.4. The standard InChI is InChI=1S/C9H21N.C9H18O.2C2H6/c1-5-7-10(8-6-2)9(3)4;1-4-6-9(7-5-2)8(3)10;2*1-2/h9H,5-8H2,1-4H3;9H,4-7H2,1-3H3;2*1-2H3. The summed E-state index contributed by atoms with van der Waals surface area (Å²) in [4.78, 5) is 13.5. The molecular weight excluding hydrogens is 294 g/mol. The lowest BCUT2D eigenvalue weighted by Crippen LogP contribution is -2.32. The van der Waals surface area contributed by atoms with Gasteiger partial charge in [-0.05, 0) is 59.5 Å². The lowest BCUT2D eigenvalue weighted by molar-refractivity contribution is -0.121. The van der Waals surface area contributed by atoms with Crippen LogP contribution < -0.4 is 0 Å². The lowest BCUT2D eigenvalue weighted by Gasteiger charge is -2.24. The second-order valence-corrected chi connectivity index (χ2v) is 6.01. The third-order valence-corrected chi connectivity index (χ3v) is 3.60. The van der Waals surface area contributed by atoms with E-state index in [-0.39, 0.29) is 0 Å². The first kappa shape index (κ1) is 31.4. The van der Waals surface area contributed by atoms with Crippen molar-refractivity contribution in [3.8, 4) is 0 Å². The van der Waals surface area contributed by atoms with Gasteiger partial charge in [0, 0.05) is 12.0 Å². The molecule has 150 valence electrons. The van der Waals surface area contributed by atoms with Crippen LogP contribution in [0, 0.1) is 5.92 Å². The van der Waals surface area contributed by atoms with Crippen LogP contribution >= 0.6 is 0 Å². The Morgan fingerprint density at radius 1 is 0.750 bits per heavy atom. The van der Waals surface area contributed by atoms with E-state index in [4.69, 9.17) is 0 Å². The van der Waals surface area contributed by atoms with Crippen molar-refractivity contribution in [2.75, 3.05) is 13.1 Å². The molecule has 0 unspecified atom stereocenters. The maximum absolute atomic E-state index is 10.9. The molecule has 0 radical (unpaired) electrons. The van der Waals surface area contributed by atoms with Crippen LogP contribution in [0.5, 0.6) is 0 Å². The van der Waals surface area contributed by atoms with Gasteiger partial charge in [-0.2, -0.15) is 0 Å². The van der Waals surface area contributed by atoms with Crippen LogP contribution in [0.15, 0.2) is 0 Å². The van der Waals surface area contributed by atoms with Crippen molar-refractivity contribution < 1.29 is 4.79 Å². The number of nitrogens with zero attached hydrogens (tertiary/aromatic N) is 1. The molecule has 0 atom stereocenters. The number of carbonyl (C=O) groups is 1. The molecule has 0 fully saturated rings. The fraction of sp³-hybridized carbons (Fsp3) is 0.955. The van der Waals surface area contributed by atoms with Crippen molar-refractivity contribution in [2.45, 2.75) is 121 Å². The van der Waals surface area contributed by atoms with Crippen LogP contribution in [-0.2, 0) is 4.79 Å². The molecule has 0 saturated carbocycles. The highest BCUT2D eigenvalue weighted by atomic mass is 16.1. The zero-order valence-electron chi connectivity index (χ0n) is 19.2. The van der Waals surface area contributed by atoms with E-state index in [0.29, 0.717) is 11.7 Å². The Morgan fingerprint density at radius 3 is 1.25 bits per heavy atom. The van der Waals surface area contributed by atoms with Crippen molar-refractivity contribution >= 4 is 5.78 Å². The second-order valence-electron chi connectivity index (χ2n) is 6.01. The van der Waals surface area contributed by atoms with Crippen molar-refractivity contribution in [3.05, 3.63) is 0 Å². The summed E-state index contributed by atoms with van der Waals surface area (Å²) in [6, 6.07) is 0.722. The van der Waals surface area contributed by atoms with Gasteiger partial charge < -0.3 is 4.90 Å². The summed E-state index contributed by atoms with van der Waals surface area (Å²) in [5, 5.41) is 0. The van der Waals surface area contributed by atoms with Gasteiger partial charge in [0.1, 0.15) is 5.78 Å². The summed E-state index contributed by atoms with van der Waals surface area (Å²) in [5.41, 5.74) is 0. The summed E-state index contributed by atoms with van der Waals surface area (Å²) < 4.78 is 0. The van der Waals surface area contributed by atoms with E-state index in [0.717, 1.165) is 31.7 Å². The highest BCUT2D eigenvalue weighted by Gasteiger charge is 2.10. The van der Waals surface area contributed by atoms with Crippen molar-refractivity contribution in [3.63, 3.8) is 0 Å². The SMILES string of the molecule is CC.CC.CCCC(CCC)C(C)=O.CCCN(CCC)C(C)C. The fourth-order valence-electron chi connectivity index (χ4n) is 2.45. The Labute approximate surface area is 155 Å². The summed E-state index contributed by atoms with van der Waals surface area (Å²) in [5.74, 6) is 0.707. The van der Waals surface area contributed by atoms with Crippen LogP contribution in [0.25, 0.3) is 0 Å². The maximum Gasteiger partial charge on any atom is 0.132 e. The Balaban J connectivity index is -0.000000138. The van der Waals surface area contributed by atoms with Gasteiger partial charge in [0.25, 0.3) is 0 Å². The lowest BCUT2D eigenvalue weighted by atomic mass is 9.95. The number of Topliss-reactive ketones (excluding diaryl/α,β-unsaturated/α-hetero) is 1. The summed E-state index contributed by atoms with van der Waals surface area (Å²) in [6.45, 7) is 25.5. The van der Waals surface area contributed by atoms with Crippen molar-refractivity contribution in [1.82, 2.24) is 4.90 Å². The molecule has 2 nitrogen and oxygen atoms in total. The number of carbonyl (C=O) groups excluding carboxylic acids is 1. The van der Waals surface area contributed by atoms with Crippen LogP contribution in [0.4, 0.5) is 0 Å². The molecule has 0 bridgehead atoms. The molecule has 24 heavy (non-hydrogen) atoms. The molecule has 0 spiro atoms. The highest BCUT2D eigenvalue weighted by Crippen LogP contribution is 2.13. The van der Waals surface area contributed by atoms with Gasteiger partial charge in [-0.15, -0.1) is 0 Å². The zero-order chi connectivity index (χ0) is 20.0. The molecule has 0 saturated heterocycles. The van der Waals surface area contributed by atoms with E-state index in [2.05, 4.69) is 46.4 Å². The monoisotopic (exact) mass is 345 g/mol. The quantitative estimate of drug-likeness (QED) is 0.412. The molecule has 0 aromatic carbocycles. The fourth-order valence-corrected chi connectivity index (χ4v) is 2.45. The number of hydrogen-bond acceptors (Lipinski definition) is 2. The summed E-state index contributed by atoms with van der Waals surface area (Å²) >= 11 is 0. The van der Waals surface area contributed by atoms with Gasteiger partial charge in [0.05, 0.1) is 0 Å². The van der Waals surface area contributed by atoms with E-state index in [9.17, 15) is 4.79 Å². The molecular formula is C22H51NO. The van der Waals surface area contributed by atoms with Crippen LogP contribution in [0.1, 0.15) is 115 Å². The topological polar surface area (TPSA) is 20.3 Å². The molecule has 0 aliphatic rings. The van der Waals surface area contributed by atoms with Gasteiger partial charge in [-0.25, -0.2) is 0 Å². The Kier molecular flexibility index (Phi) is 36.0. The molecule has 2 heteroatoms. The molecule has 0 heterocycles. The van der Waals surface area contributed by atoms with Crippen LogP contribution in [0.2, 0.25) is 0 Å². The van der Waals surface area contributed by atoms with Crippen LogP contribution in [0.3, 0.4) is 0 Å². The first-order valence-corrected chi connectivity index (χ1v) is 10.7. The second kappa shape index (κ2) is 27.5. The average Bonchev–Trinajstić information content (AvgIpc) is 2.58. The third kappa shape index (κ3) is 23.9. The zero-order valence-corrected chi connectivity index (χ0v) is 19.2. The minimum Gasteiger partial charge on any atom is -0.301 e. The Hall–Kier alpha value is -0.370.